The molecule has 0 aromatic heterocycles. The number of amides is 1. The highest BCUT2D eigenvalue weighted by molar-refractivity contribution is 5.67. The van der Waals surface area contributed by atoms with Crippen LogP contribution in [0.1, 0.15) is 12.0 Å². The molecule has 1 aliphatic heterocycles. The smallest absolute Gasteiger partial charge is 0.410 e. The topological polar surface area (TPSA) is 79.2 Å². The summed E-state index contributed by atoms with van der Waals surface area (Å²) in [6, 6.07) is 9.40. The highest BCUT2D eigenvalue weighted by atomic mass is 16.6. The predicted octanol–water partition coefficient (Wildman–Crippen LogP) is 0.971. The molecule has 0 aliphatic carbocycles. The van der Waals surface area contributed by atoms with Crippen molar-refractivity contribution in [3.05, 3.63) is 35.9 Å². The quantitative estimate of drug-likeness (QED) is 0.809. The number of carbonyl (C=O) groups excluding carboxylic acids is 1. The second-order valence-electron chi connectivity index (χ2n) is 5.21. The molecule has 116 valence electrons. The Hall–Kier alpha value is -1.63. The van der Waals surface area contributed by atoms with Crippen LogP contribution in [0.15, 0.2) is 30.3 Å². The Kier molecular flexibility index (Phi) is 5.55. The summed E-state index contributed by atoms with van der Waals surface area (Å²) < 4.78 is 10.5. The van der Waals surface area contributed by atoms with Gasteiger partial charge in [0.25, 0.3) is 0 Å². The van der Waals surface area contributed by atoms with Crippen molar-refractivity contribution in [1.82, 2.24) is 4.90 Å². The van der Waals surface area contributed by atoms with Gasteiger partial charge in [-0.15, -0.1) is 0 Å². The van der Waals surface area contributed by atoms with Gasteiger partial charge in [0.1, 0.15) is 6.61 Å². The summed E-state index contributed by atoms with van der Waals surface area (Å²) in [6.07, 6.45) is -1.63. The van der Waals surface area contributed by atoms with Gasteiger partial charge in [-0.1, -0.05) is 30.3 Å². The number of ether oxygens (including phenoxy) is 2. The molecule has 1 fully saturated rings. The monoisotopic (exact) mass is 295 g/mol. The lowest BCUT2D eigenvalue weighted by molar-refractivity contribution is -0.118. The van der Waals surface area contributed by atoms with Crippen molar-refractivity contribution in [1.29, 1.82) is 0 Å². The van der Waals surface area contributed by atoms with E-state index in [9.17, 15) is 15.0 Å². The maximum atomic E-state index is 12.1. The van der Waals surface area contributed by atoms with E-state index in [0.29, 0.717) is 13.0 Å². The number of hydrogen-bond donors (Lipinski definition) is 2. The summed E-state index contributed by atoms with van der Waals surface area (Å²) in [6.45, 7) is 0.846. The fraction of sp³-hybridized carbons (Fsp3) is 0.533. The first-order valence-electron chi connectivity index (χ1n) is 6.94. The summed E-state index contributed by atoms with van der Waals surface area (Å²) in [5.74, 6) is -0.423. The Morgan fingerprint density at radius 1 is 1.33 bits per heavy atom. The van der Waals surface area contributed by atoms with Gasteiger partial charge in [-0.25, -0.2) is 4.79 Å². The number of piperidine rings is 1. The molecule has 21 heavy (non-hydrogen) atoms. The van der Waals surface area contributed by atoms with Crippen LogP contribution in [-0.2, 0) is 16.1 Å². The van der Waals surface area contributed by atoms with E-state index in [2.05, 4.69) is 0 Å². The van der Waals surface area contributed by atoms with Crippen LogP contribution in [0.3, 0.4) is 0 Å². The summed E-state index contributed by atoms with van der Waals surface area (Å²) in [4.78, 5) is 13.5. The van der Waals surface area contributed by atoms with Crippen LogP contribution in [0, 0.1) is 5.92 Å². The van der Waals surface area contributed by atoms with E-state index < -0.39 is 18.3 Å². The summed E-state index contributed by atoms with van der Waals surface area (Å²) >= 11 is 0. The van der Waals surface area contributed by atoms with E-state index in [1.807, 2.05) is 30.3 Å². The lowest BCUT2D eigenvalue weighted by atomic mass is 9.95. The van der Waals surface area contributed by atoms with E-state index in [-0.39, 0.29) is 19.3 Å². The molecule has 0 radical (unpaired) electrons. The zero-order chi connectivity index (χ0) is 15.2. The van der Waals surface area contributed by atoms with E-state index in [1.54, 1.807) is 7.11 Å². The van der Waals surface area contributed by atoms with Crippen LogP contribution in [-0.4, -0.2) is 53.8 Å². The predicted molar refractivity (Wildman–Crippen MR) is 75.3 cm³/mol. The first-order valence-corrected chi connectivity index (χ1v) is 6.94. The molecular formula is C15H21NO5. The lowest BCUT2D eigenvalue weighted by Gasteiger charge is -2.37. The number of benzene rings is 1. The van der Waals surface area contributed by atoms with Gasteiger partial charge < -0.3 is 24.6 Å². The van der Waals surface area contributed by atoms with Crippen molar-refractivity contribution in [2.45, 2.75) is 25.4 Å². The van der Waals surface area contributed by atoms with Crippen LogP contribution >= 0.6 is 0 Å². The van der Waals surface area contributed by atoms with Crippen molar-refractivity contribution in [3.63, 3.8) is 0 Å². The minimum Gasteiger partial charge on any atom is -0.445 e. The Bertz CT molecular complexity index is 451. The molecule has 1 aromatic carbocycles. The van der Waals surface area contributed by atoms with Gasteiger partial charge >= 0.3 is 6.09 Å². The minimum absolute atomic E-state index is 0.195. The Morgan fingerprint density at radius 2 is 2.05 bits per heavy atom. The molecule has 6 nitrogen and oxygen atoms in total. The molecule has 1 amide bonds. The first kappa shape index (κ1) is 15.8. The van der Waals surface area contributed by atoms with Crippen molar-refractivity contribution in [3.8, 4) is 0 Å². The summed E-state index contributed by atoms with van der Waals surface area (Å²) in [5.41, 5.74) is 0.907. The molecule has 0 bridgehead atoms. The van der Waals surface area contributed by atoms with Crippen molar-refractivity contribution in [2.75, 3.05) is 20.2 Å². The zero-order valence-corrected chi connectivity index (χ0v) is 12.0. The first-order chi connectivity index (χ1) is 10.1. The average Bonchev–Trinajstić information content (AvgIpc) is 2.53. The second kappa shape index (κ2) is 7.40. The Balaban J connectivity index is 1.91. The third-order valence-electron chi connectivity index (χ3n) is 3.66. The van der Waals surface area contributed by atoms with Crippen molar-refractivity contribution in [2.24, 2.45) is 5.92 Å². The molecule has 2 unspecified atom stereocenters. The maximum absolute atomic E-state index is 12.1. The molecule has 1 heterocycles. The molecule has 0 saturated carbocycles. The van der Waals surface area contributed by atoms with Crippen molar-refractivity contribution < 1.29 is 24.5 Å². The van der Waals surface area contributed by atoms with Crippen molar-refractivity contribution >= 4 is 6.09 Å². The number of carbonyl (C=O) groups is 1. The molecule has 2 atom stereocenters. The van der Waals surface area contributed by atoms with Gasteiger partial charge in [-0.3, -0.25) is 0 Å². The lowest BCUT2D eigenvalue weighted by Crippen LogP contribution is -2.49. The normalized spacial score (nSPS) is 22.4. The average molecular weight is 295 g/mol. The largest absolute Gasteiger partial charge is 0.445 e. The van der Waals surface area contributed by atoms with Gasteiger partial charge in [0, 0.05) is 19.6 Å². The third-order valence-corrected chi connectivity index (χ3v) is 3.66. The van der Waals surface area contributed by atoms with E-state index in [0.717, 1.165) is 5.56 Å². The van der Waals surface area contributed by atoms with E-state index >= 15 is 0 Å². The van der Waals surface area contributed by atoms with Crippen LogP contribution in [0.25, 0.3) is 0 Å². The maximum Gasteiger partial charge on any atom is 0.410 e. The zero-order valence-electron chi connectivity index (χ0n) is 12.0. The number of likely N-dealkylation sites (tertiary alicyclic amines) is 1. The SMILES string of the molecule is COC1CC(C(O)O)CN(C(=O)OCc2ccccc2)C1. The van der Waals surface area contributed by atoms with Gasteiger partial charge in [0.15, 0.2) is 6.29 Å². The van der Waals surface area contributed by atoms with Gasteiger partial charge in [0.2, 0.25) is 0 Å². The standard InChI is InChI=1S/C15H21NO5/c1-20-13-7-12(14(17)18)8-16(9-13)15(19)21-10-11-5-3-2-4-6-11/h2-6,12-14,17-18H,7-10H2,1H3. The number of methoxy groups -OCH3 is 1. The third kappa shape index (κ3) is 4.42. The molecule has 2 rings (SSSR count). The highest BCUT2D eigenvalue weighted by Crippen LogP contribution is 2.22. The van der Waals surface area contributed by atoms with Crippen LogP contribution in [0.4, 0.5) is 4.79 Å². The minimum atomic E-state index is -1.47. The summed E-state index contributed by atoms with van der Waals surface area (Å²) in [7, 11) is 1.55. The molecule has 1 saturated heterocycles. The van der Waals surface area contributed by atoms with Gasteiger partial charge in [0.05, 0.1) is 12.6 Å². The molecule has 1 aliphatic rings. The van der Waals surface area contributed by atoms with Gasteiger partial charge in [-0.05, 0) is 12.0 Å². The number of aliphatic hydroxyl groups excluding tert-OH is 1. The number of hydrogen-bond acceptors (Lipinski definition) is 5. The van der Waals surface area contributed by atoms with Gasteiger partial charge in [-0.2, -0.15) is 0 Å². The molecule has 2 N–H and O–H groups in total. The Labute approximate surface area is 123 Å². The van der Waals surface area contributed by atoms with Crippen LogP contribution in [0.5, 0.6) is 0 Å². The highest BCUT2D eigenvalue weighted by Gasteiger charge is 2.33. The molecule has 6 heteroatoms. The molecular weight excluding hydrogens is 274 g/mol. The molecule has 0 spiro atoms. The number of rotatable bonds is 4. The second-order valence-corrected chi connectivity index (χ2v) is 5.21. The fourth-order valence-corrected chi connectivity index (χ4v) is 2.44. The Morgan fingerprint density at radius 3 is 2.67 bits per heavy atom. The number of aliphatic hydroxyl groups is 2. The van der Waals surface area contributed by atoms with Crippen LogP contribution < -0.4 is 0 Å². The molecule has 1 aromatic rings. The fourth-order valence-electron chi connectivity index (χ4n) is 2.44. The number of nitrogens with zero attached hydrogens (tertiary/aromatic N) is 1. The van der Waals surface area contributed by atoms with E-state index in [4.69, 9.17) is 9.47 Å². The van der Waals surface area contributed by atoms with Crippen LogP contribution in [0.2, 0.25) is 0 Å². The summed E-state index contributed by atoms with van der Waals surface area (Å²) in [5, 5.41) is 18.6. The van der Waals surface area contributed by atoms with E-state index in [1.165, 1.54) is 4.90 Å².